The maximum absolute atomic E-state index is 12.9. The summed E-state index contributed by atoms with van der Waals surface area (Å²) in [5, 5.41) is 13.3. The largest absolute Gasteiger partial charge is 0.354 e. The number of halogens is 1. The number of carbonyl (C=O) groups excluding carboxylic acids is 1. The molecule has 1 atom stereocenters. The van der Waals surface area contributed by atoms with Crippen molar-refractivity contribution >= 4 is 11.6 Å². The van der Waals surface area contributed by atoms with Gasteiger partial charge in [-0.1, -0.05) is 0 Å². The van der Waals surface area contributed by atoms with Crippen molar-refractivity contribution < 1.29 is 18.8 Å². The molecule has 0 aliphatic carbocycles. The predicted octanol–water partition coefficient (Wildman–Crippen LogP) is 3.20. The highest BCUT2D eigenvalue weighted by molar-refractivity contribution is 5.94. The Labute approximate surface area is 132 Å². The zero-order valence-electron chi connectivity index (χ0n) is 12.4. The van der Waals surface area contributed by atoms with Gasteiger partial charge in [-0.2, -0.15) is 0 Å². The lowest BCUT2D eigenvalue weighted by molar-refractivity contribution is -0.384. The standard InChI is InChI=1S/C16H15FN2O4/c1-2-23-16(12-5-9-14(10-6-12)19(21)22)18-15(20)11-3-7-13(17)8-4-11/h3-10,16H,2H2,1H3,(H,18,20). The van der Waals surface area contributed by atoms with Crippen LogP contribution in [0.2, 0.25) is 0 Å². The second-order valence-corrected chi connectivity index (χ2v) is 4.66. The first-order valence-electron chi connectivity index (χ1n) is 6.93. The number of non-ortho nitro benzene ring substituents is 1. The van der Waals surface area contributed by atoms with Gasteiger partial charge in [0, 0.05) is 29.9 Å². The molecule has 0 saturated carbocycles. The van der Waals surface area contributed by atoms with Crippen molar-refractivity contribution in [1.82, 2.24) is 5.32 Å². The molecule has 0 heterocycles. The molecule has 2 aromatic rings. The lowest BCUT2D eigenvalue weighted by Crippen LogP contribution is -2.30. The first-order valence-corrected chi connectivity index (χ1v) is 6.93. The van der Waals surface area contributed by atoms with Crippen LogP contribution in [0.5, 0.6) is 0 Å². The number of ether oxygens (including phenoxy) is 1. The van der Waals surface area contributed by atoms with Crippen molar-refractivity contribution in [3.63, 3.8) is 0 Å². The van der Waals surface area contributed by atoms with Crippen molar-refractivity contribution in [2.24, 2.45) is 0 Å². The monoisotopic (exact) mass is 318 g/mol. The number of nitro benzene ring substituents is 1. The minimum Gasteiger partial charge on any atom is -0.354 e. The van der Waals surface area contributed by atoms with Gasteiger partial charge in [-0.3, -0.25) is 14.9 Å². The van der Waals surface area contributed by atoms with Gasteiger partial charge < -0.3 is 10.1 Å². The summed E-state index contributed by atoms with van der Waals surface area (Å²) >= 11 is 0. The number of benzene rings is 2. The van der Waals surface area contributed by atoms with Crippen LogP contribution in [0.1, 0.15) is 29.1 Å². The zero-order chi connectivity index (χ0) is 16.8. The second kappa shape index (κ2) is 7.46. The highest BCUT2D eigenvalue weighted by atomic mass is 19.1. The first kappa shape index (κ1) is 16.6. The smallest absolute Gasteiger partial charge is 0.269 e. The quantitative estimate of drug-likeness (QED) is 0.504. The number of nitrogens with one attached hydrogen (secondary N) is 1. The van der Waals surface area contributed by atoms with Crippen LogP contribution in [0.3, 0.4) is 0 Å². The van der Waals surface area contributed by atoms with Gasteiger partial charge in [-0.05, 0) is 43.3 Å². The molecule has 0 aliphatic heterocycles. The third-order valence-electron chi connectivity index (χ3n) is 3.11. The highest BCUT2D eigenvalue weighted by Gasteiger charge is 2.17. The van der Waals surface area contributed by atoms with E-state index in [2.05, 4.69) is 5.32 Å². The number of amides is 1. The van der Waals surface area contributed by atoms with E-state index >= 15 is 0 Å². The van der Waals surface area contributed by atoms with E-state index in [4.69, 9.17) is 4.74 Å². The van der Waals surface area contributed by atoms with Crippen LogP contribution in [-0.2, 0) is 4.74 Å². The van der Waals surface area contributed by atoms with Gasteiger partial charge in [-0.15, -0.1) is 0 Å². The molecular weight excluding hydrogens is 303 g/mol. The van der Waals surface area contributed by atoms with Crippen molar-refractivity contribution in [2.75, 3.05) is 6.61 Å². The number of carbonyl (C=O) groups is 1. The van der Waals surface area contributed by atoms with Crippen LogP contribution in [0.25, 0.3) is 0 Å². The summed E-state index contributed by atoms with van der Waals surface area (Å²) in [6, 6.07) is 10.8. The summed E-state index contributed by atoms with van der Waals surface area (Å²) in [6.07, 6.45) is -0.752. The lowest BCUT2D eigenvalue weighted by atomic mass is 10.1. The Morgan fingerprint density at radius 1 is 1.22 bits per heavy atom. The molecule has 0 saturated heterocycles. The molecule has 0 aliphatic rings. The normalized spacial score (nSPS) is 11.7. The second-order valence-electron chi connectivity index (χ2n) is 4.66. The Bertz CT molecular complexity index is 686. The maximum Gasteiger partial charge on any atom is 0.269 e. The van der Waals surface area contributed by atoms with Crippen LogP contribution in [0.15, 0.2) is 48.5 Å². The van der Waals surface area contributed by atoms with Gasteiger partial charge in [0.15, 0.2) is 6.23 Å². The Morgan fingerprint density at radius 3 is 2.35 bits per heavy atom. The molecule has 6 nitrogen and oxygen atoms in total. The van der Waals surface area contributed by atoms with E-state index in [1.807, 2.05) is 0 Å². The molecule has 23 heavy (non-hydrogen) atoms. The molecule has 0 aromatic heterocycles. The molecule has 0 spiro atoms. The summed E-state index contributed by atoms with van der Waals surface area (Å²) in [6.45, 7) is 2.10. The van der Waals surface area contributed by atoms with Crippen molar-refractivity contribution in [1.29, 1.82) is 0 Å². The molecule has 120 valence electrons. The fourth-order valence-corrected chi connectivity index (χ4v) is 1.96. The molecule has 1 unspecified atom stereocenters. The number of nitro groups is 1. The SMILES string of the molecule is CCOC(NC(=O)c1ccc(F)cc1)c1ccc([N+](=O)[O-])cc1. The maximum atomic E-state index is 12.9. The first-order chi connectivity index (χ1) is 11.0. The van der Waals surface area contributed by atoms with Gasteiger partial charge >= 0.3 is 0 Å². The Kier molecular flexibility index (Phi) is 5.37. The third kappa shape index (κ3) is 4.33. The summed E-state index contributed by atoms with van der Waals surface area (Å²) in [5.74, 6) is -0.861. The minimum atomic E-state index is -0.752. The Morgan fingerprint density at radius 2 is 1.83 bits per heavy atom. The number of hydrogen-bond acceptors (Lipinski definition) is 4. The number of rotatable bonds is 6. The van der Waals surface area contributed by atoms with Gasteiger partial charge in [-0.25, -0.2) is 4.39 Å². The van der Waals surface area contributed by atoms with Crippen molar-refractivity contribution in [2.45, 2.75) is 13.2 Å². The Hall–Kier alpha value is -2.80. The summed E-state index contributed by atoms with van der Waals surface area (Å²) in [4.78, 5) is 22.3. The average molecular weight is 318 g/mol. The minimum absolute atomic E-state index is 0.0474. The molecule has 2 aromatic carbocycles. The molecule has 1 N–H and O–H groups in total. The van der Waals surface area contributed by atoms with Crippen LogP contribution >= 0.6 is 0 Å². The zero-order valence-corrected chi connectivity index (χ0v) is 12.4. The highest BCUT2D eigenvalue weighted by Crippen LogP contribution is 2.19. The fourth-order valence-electron chi connectivity index (χ4n) is 1.96. The molecular formula is C16H15FN2O4. The van der Waals surface area contributed by atoms with Gasteiger partial charge in [0.1, 0.15) is 5.82 Å². The summed E-state index contributed by atoms with van der Waals surface area (Å²) < 4.78 is 18.4. The number of hydrogen-bond donors (Lipinski definition) is 1. The van der Waals surface area contributed by atoms with Gasteiger partial charge in [0.25, 0.3) is 11.6 Å². The van der Waals surface area contributed by atoms with E-state index in [9.17, 15) is 19.3 Å². The Balaban J connectivity index is 2.16. The van der Waals surface area contributed by atoms with Crippen LogP contribution < -0.4 is 5.32 Å². The van der Waals surface area contributed by atoms with E-state index in [0.29, 0.717) is 12.2 Å². The summed E-state index contributed by atoms with van der Waals surface area (Å²) in [5.41, 5.74) is 0.819. The van der Waals surface area contributed by atoms with E-state index in [0.717, 1.165) is 0 Å². The predicted molar refractivity (Wildman–Crippen MR) is 81.3 cm³/mol. The van der Waals surface area contributed by atoms with E-state index < -0.39 is 22.9 Å². The topological polar surface area (TPSA) is 81.5 Å². The molecule has 0 fully saturated rings. The van der Waals surface area contributed by atoms with Crippen LogP contribution in [0, 0.1) is 15.9 Å². The van der Waals surface area contributed by atoms with Crippen LogP contribution in [-0.4, -0.2) is 17.4 Å². The molecule has 2 rings (SSSR count). The lowest BCUT2D eigenvalue weighted by Gasteiger charge is -2.19. The van der Waals surface area contributed by atoms with E-state index in [1.165, 1.54) is 48.5 Å². The van der Waals surface area contributed by atoms with E-state index in [-0.39, 0.29) is 11.3 Å². The van der Waals surface area contributed by atoms with Crippen molar-refractivity contribution in [3.8, 4) is 0 Å². The molecule has 1 amide bonds. The fraction of sp³-hybridized carbons (Fsp3) is 0.188. The van der Waals surface area contributed by atoms with Crippen molar-refractivity contribution in [3.05, 3.63) is 75.6 Å². The molecule has 0 bridgehead atoms. The van der Waals surface area contributed by atoms with Crippen LogP contribution in [0.4, 0.5) is 10.1 Å². The molecule has 7 heteroatoms. The van der Waals surface area contributed by atoms with Gasteiger partial charge in [0.2, 0.25) is 0 Å². The average Bonchev–Trinajstić information content (AvgIpc) is 2.55. The molecule has 0 radical (unpaired) electrons. The summed E-state index contributed by atoms with van der Waals surface area (Å²) in [7, 11) is 0. The van der Waals surface area contributed by atoms with Gasteiger partial charge in [0.05, 0.1) is 4.92 Å². The van der Waals surface area contributed by atoms with E-state index in [1.54, 1.807) is 6.92 Å². The third-order valence-corrected chi connectivity index (χ3v) is 3.11. The number of nitrogens with zero attached hydrogens (tertiary/aromatic N) is 1.